The third-order valence-electron chi connectivity index (χ3n) is 16.5. The molecule has 15 atom stereocenters. The van der Waals surface area contributed by atoms with Crippen LogP contribution in [0.5, 0.6) is 11.5 Å². The number of ether oxygens (including phenoxy) is 2. The fourth-order valence-electron chi connectivity index (χ4n) is 11.2. The van der Waals surface area contributed by atoms with E-state index in [1.165, 1.54) is 31.2 Å². The van der Waals surface area contributed by atoms with Crippen molar-refractivity contribution in [3.8, 4) is 33.8 Å². The lowest BCUT2D eigenvalue weighted by molar-refractivity contribution is -0.870. The van der Waals surface area contributed by atoms with Gasteiger partial charge >= 0.3 is 6.18 Å². The van der Waals surface area contributed by atoms with Crippen LogP contribution in [0, 0.1) is 5.92 Å². The molecule has 25 nitrogen and oxygen atoms in total. The van der Waals surface area contributed by atoms with Crippen LogP contribution in [-0.2, 0) is 39.7 Å². The zero-order valence-electron chi connectivity index (χ0n) is 52.1. The van der Waals surface area contributed by atoms with Crippen molar-refractivity contribution >= 4 is 41.4 Å². The summed E-state index contributed by atoms with van der Waals surface area (Å²) in [4.78, 5) is 104. The zero-order valence-corrected chi connectivity index (χ0v) is 52.1. The number of unbranched alkanes of at least 4 members (excludes halogenated alkanes) is 2. The fourth-order valence-corrected chi connectivity index (χ4v) is 11.2. The van der Waals surface area contributed by atoms with Gasteiger partial charge in [0.25, 0.3) is 5.91 Å². The minimum Gasteiger partial charge on any atom is -0.508 e. The lowest BCUT2D eigenvalue weighted by Gasteiger charge is -2.34. The molecule has 7 amide bonds. The number of hydrogen-bond donors (Lipinski definition) is 13. The first kappa shape index (κ1) is 71.6. The SMILES string of the molecule is CCCCCOc1ccc(-c2ccc(-c3ccc(C(=O)N[C@H]4C[C@@H](O)[C@@H](OCC[N+](C)(C)C)NC(=O)[C@@H]5[C@@H](O)[C@@H](C)CN5C(=O)[C@H]([C@@H](C)O)NC(=O)[C@H]([C@H](O)[C@@H](O)c5ccc(O)cc5)NC(=O)[C@@H]5C[C@@H](O)CN5C(=O)[C@H]([C@@H](C)O)NC4=O)cc3C(F)(F)F)cc2)cc1. The Morgan fingerprint density at radius 1 is 0.696 bits per heavy atom. The predicted molar refractivity (Wildman–Crippen MR) is 325 cm³/mol. The summed E-state index contributed by atoms with van der Waals surface area (Å²) in [5, 5.41) is 102. The Labute approximate surface area is 530 Å². The average Bonchev–Trinajstić information content (AvgIpc) is 1.50. The molecule has 0 aromatic heterocycles. The van der Waals surface area contributed by atoms with Crippen LogP contribution in [0.15, 0.2) is 91.0 Å². The summed E-state index contributed by atoms with van der Waals surface area (Å²) >= 11 is 0. The Bertz CT molecular complexity index is 3230. The van der Waals surface area contributed by atoms with Crippen LogP contribution in [0.3, 0.4) is 0 Å². The van der Waals surface area contributed by atoms with Crippen LogP contribution in [0.25, 0.3) is 22.3 Å². The lowest BCUT2D eigenvalue weighted by Crippen LogP contribution is -2.64. The second-order valence-corrected chi connectivity index (χ2v) is 24.8. The van der Waals surface area contributed by atoms with E-state index in [2.05, 4.69) is 33.5 Å². The predicted octanol–water partition coefficient (Wildman–Crippen LogP) is 0.822. The van der Waals surface area contributed by atoms with Crippen molar-refractivity contribution in [2.24, 2.45) is 5.92 Å². The number of nitrogens with one attached hydrogen (secondary N) is 5. The molecule has 3 aliphatic heterocycles. The number of phenols is 1. The molecule has 0 aliphatic carbocycles. The number of rotatable bonds is 18. The van der Waals surface area contributed by atoms with E-state index in [9.17, 15) is 74.4 Å². The lowest BCUT2D eigenvalue weighted by atomic mass is 9.94. The van der Waals surface area contributed by atoms with Crippen LogP contribution >= 0.6 is 0 Å². The summed E-state index contributed by atoms with van der Waals surface area (Å²) in [7, 11) is 5.33. The Kier molecular flexibility index (Phi) is 23.9. The van der Waals surface area contributed by atoms with E-state index >= 15 is 13.2 Å². The number of phenolic OH excluding ortho intramolecular Hbond substituents is 1. The van der Waals surface area contributed by atoms with Gasteiger partial charge < -0.3 is 91.2 Å². The number of aliphatic hydroxyl groups is 7. The van der Waals surface area contributed by atoms with Gasteiger partial charge in [0.2, 0.25) is 35.4 Å². The Balaban J connectivity index is 1.28. The van der Waals surface area contributed by atoms with Crippen molar-refractivity contribution in [3.05, 3.63) is 108 Å². The third-order valence-corrected chi connectivity index (χ3v) is 16.5. The number of fused-ring (bicyclic) bond motifs is 2. The molecule has 502 valence electrons. The molecule has 0 bridgehead atoms. The minimum absolute atomic E-state index is 0.108. The number of likely N-dealkylation sites (N-methyl/N-ethyl adjacent to an activating group) is 1. The molecule has 7 rings (SSSR count). The number of nitrogens with zero attached hydrogens (tertiary/aromatic N) is 3. The van der Waals surface area contributed by atoms with E-state index in [0.717, 1.165) is 67.8 Å². The molecule has 4 aromatic carbocycles. The van der Waals surface area contributed by atoms with E-state index in [1.807, 2.05) is 12.1 Å². The molecule has 3 fully saturated rings. The fraction of sp³-hybridized carbons (Fsp3) is 0.516. The number of carbonyl (C=O) groups excluding carboxylic acids is 7. The van der Waals surface area contributed by atoms with Gasteiger partial charge in [0.05, 0.1) is 64.3 Å². The monoisotopic (exact) mass is 1290 g/mol. The van der Waals surface area contributed by atoms with Crippen LogP contribution < -0.4 is 31.3 Å². The molecule has 0 spiro atoms. The molecule has 3 saturated heterocycles. The molecule has 0 unspecified atom stereocenters. The highest BCUT2D eigenvalue weighted by molar-refractivity contribution is 6.00. The molecular formula is C64H84F3N8O17+. The van der Waals surface area contributed by atoms with Crippen molar-refractivity contribution < 1.29 is 102 Å². The first-order valence-electron chi connectivity index (χ1n) is 30.4. The smallest absolute Gasteiger partial charge is 0.417 e. The summed E-state index contributed by atoms with van der Waals surface area (Å²) in [5.41, 5.74) is -0.782. The molecule has 92 heavy (non-hydrogen) atoms. The van der Waals surface area contributed by atoms with Crippen molar-refractivity contribution in [2.45, 2.75) is 151 Å². The van der Waals surface area contributed by atoms with Gasteiger partial charge in [0, 0.05) is 37.4 Å². The normalized spacial score (nSPS) is 26.2. The van der Waals surface area contributed by atoms with Crippen molar-refractivity contribution in [1.29, 1.82) is 0 Å². The standard InChI is InChI=1S/C64H83F3N8O17/c1-8-9-10-26-91-43-22-17-37(18-23-43)36-11-13-38(14-12-36)44-24-19-40(28-45(44)64(65,66)67)56(84)68-46-30-48(80)61(92-27-25-75(5,6)7)72-60(88)52-53(81)33(2)31-74(52)63(90)50(35(4)77)70-59(87)51(55(83)54(82)39-15-20-41(78)21-16-39)71-58(86)47-29-42(79)32-73(47)62(89)49(34(3)76)69-57(46)85/h11-24,28,33-35,42,46-55,61,76-77,79-83H,8-10,25-27,29-32H2,1-7H3,(H5-,68,69,70,71,72,78,84,85,86,87,88)/p+1/t33-,34+,35+,42+,46-,47-,48+,49-,50-,51-,52-,53-,54-,55-,61+/m0/s1. The van der Waals surface area contributed by atoms with Crippen LogP contribution in [0.1, 0.15) is 87.4 Å². The van der Waals surface area contributed by atoms with Gasteiger partial charge in [-0.15, -0.1) is 0 Å². The van der Waals surface area contributed by atoms with Gasteiger partial charge in [0.1, 0.15) is 72.6 Å². The Morgan fingerprint density at radius 2 is 1.27 bits per heavy atom. The highest BCUT2D eigenvalue weighted by atomic mass is 19.4. The zero-order chi connectivity index (χ0) is 67.7. The number of halogens is 3. The number of hydrogen-bond acceptors (Lipinski definition) is 17. The number of aromatic hydroxyl groups is 1. The third kappa shape index (κ3) is 17.9. The van der Waals surface area contributed by atoms with Crippen molar-refractivity contribution in [3.63, 3.8) is 0 Å². The van der Waals surface area contributed by atoms with Gasteiger partial charge in [-0.1, -0.05) is 81.3 Å². The first-order valence-corrected chi connectivity index (χ1v) is 30.4. The highest BCUT2D eigenvalue weighted by Crippen LogP contribution is 2.39. The summed E-state index contributed by atoms with van der Waals surface area (Å²) in [6.07, 6.45) is -19.1. The van der Waals surface area contributed by atoms with Crippen molar-refractivity contribution in [1.82, 2.24) is 36.4 Å². The number of alkyl halides is 3. The quantitative estimate of drug-likeness (QED) is 0.0484. The average molecular weight is 1290 g/mol. The Hall–Kier alpha value is -7.80. The van der Waals surface area contributed by atoms with Gasteiger partial charge in [0.15, 0.2) is 6.23 Å². The topological polar surface area (TPSA) is 366 Å². The maximum absolute atomic E-state index is 15.2. The summed E-state index contributed by atoms with van der Waals surface area (Å²) in [5.74, 6) is -9.63. The second kappa shape index (κ2) is 30.8. The first-order chi connectivity index (χ1) is 43.3. The molecule has 13 N–H and O–H groups in total. The molecular weight excluding hydrogens is 1210 g/mol. The van der Waals surface area contributed by atoms with Crippen LogP contribution in [-0.4, -0.2) is 230 Å². The number of aliphatic hydroxyl groups excluding tert-OH is 7. The maximum atomic E-state index is 15.2. The second-order valence-electron chi connectivity index (χ2n) is 24.8. The van der Waals surface area contributed by atoms with Gasteiger partial charge in [-0.3, -0.25) is 33.6 Å². The van der Waals surface area contributed by atoms with Gasteiger partial charge in [-0.05, 0) is 84.5 Å². The molecule has 28 heteroatoms. The van der Waals surface area contributed by atoms with Crippen molar-refractivity contribution in [2.75, 3.05) is 54.0 Å². The van der Waals surface area contributed by atoms with E-state index in [4.69, 9.17) is 9.47 Å². The molecule has 3 aliphatic rings. The largest absolute Gasteiger partial charge is 0.508 e. The number of amides is 7. The van der Waals surface area contributed by atoms with E-state index in [0.29, 0.717) is 28.9 Å². The number of carbonyl (C=O) groups is 7. The van der Waals surface area contributed by atoms with Crippen LogP contribution in [0.4, 0.5) is 13.2 Å². The summed E-state index contributed by atoms with van der Waals surface area (Å²) in [6.45, 7) is 5.07. The van der Waals surface area contributed by atoms with Gasteiger partial charge in [-0.2, -0.15) is 13.2 Å². The highest BCUT2D eigenvalue weighted by Gasteiger charge is 2.51. The molecule has 0 saturated carbocycles. The molecule has 0 radical (unpaired) electrons. The van der Waals surface area contributed by atoms with E-state index in [-0.39, 0.29) is 40.1 Å². The molecule has 3 heterocycles. The summed E-state index contributed by atoms with van der Waals surface area (Å²) < 4.78 is 57.7. The Morgan fingerprint density at radius 3 is 1.86 bits per heavy atom. The number of benzene rings is 4. The summed E-state index contributed by atoms with van der Waals surface area (Å²) in [6, 6.07) is 8.43. The number of quaternary nitrogens is 1. The van der Waals surface area contributed by atoms with E-state index < -0.39 is 176 Å². The minimum atomic E-state index is -5.08. The molecule has 4 aromatic rings. The van der Waals surface area contributed by atoms with Gasteiger partial charge in [-0.25, -0.2) is 0 Å². The van der Waals surface area contributed by atoms with Crippen LogP contribution in [0.2, 0.25) is 0 Å². The maximum Gasteiger partial charge on any atom is 0.417 e. The van der Waals surface area contributed by atoms with E-state index in [1.54, 1.807) is 45.4 Å².